The summed E-state index contributed by atoms with van der Waals surface area (Å²) in [6.45, 7) is 0. The Morgan fingerprint density at radius 3 is 1.85 bits per heavy atom. The molecule has 114 valence electrons. The molecule has 12 heteroatoms. The topological polar surface area (TPSA) is 43.8 Å². The third-order valence-electron chi connectivity index (χ3n) is 2.22. The first-order chi connectivity index (χ1) is 8.71. The molecule has 1 aromatic heterocycles. The number of alkyl halides is 8. The Hall–Kier alpha value is -1.46. The van der Waals surface area contributed by atoms with Gasteiger partial charge >= 0.3 is 18.3 Å². The minimum Gasteiger partial charge on any atom is -0.388 e. The van der Waals surface area contributed by atoms with Gasteiger partial charge in [-0.2, -0.15) is 40.2 Å². The van der Waals surface area contributed by atoms with Crippen molar-refractivity contribution in [2.75, 3.05) is 0 Å². The monoisotopic (exact) mass is 327 g/mol. The maximum absolute atomic E-state index is 13.1. The summed E-state index contributed by atoms with van der Waals surface area (Å²) in [4.78, 5) is -1.00. The van der Waals surface area contributed by atoms with Crippen molar-refractivity contribution in [3.05, 3.63) is 17.0 Å². The van der Waals surface area contributed by atoms with E-state index >= 15 is 0 Å². The van der Waals surface area contributed by atoms with Gasteiger partial charge in [-0.3, -0.25) is 4.68 Å². The van der Waals surface area contributed by atoms with Crippen LogP contribution in [0.1, 0.15) is 17.0 Å². The fraction of sp³-hybridized carbons (Fsp3) is 0.500. The number of hydrogen-bond acceptors (Lipinski definition) is 2. The van der Waals surface area contributed by atoms with Gasteiger partial charge in [0.25, 0.3) is 0 Å². The maximum atomic E-state index is 13.1. The molecule has 1 heterocycles. The highest BCUT2D eigenvalue weighted by molar-refractivity contribution is 7.80. The van der Waals surface area contributed by atoms with Gasteiger partial charge in [-0.1, -0.05) is 12.2 Å². The van der Waals surface area contributed by atoms with Crippen LogP contribution in [0, 0.1) is 0 Å². The van der Waals surface area contributed by atoms with E-state index < -0.39 is 40.2 Å². The molecule has 2 N–H and O–H groups in total. The lowest BCUT2D eigenvalue weighted by molar-refractivity contribution is -0.292. The van der Waals surface area contributed by atoms with Crippen LogP contribution in [-0.4, -0.2) is 20.9 Å². The molecule has 0 aliphatic carbocycles. The Morgan fingerprint density at radius 1 is 1.10 bits per heavy atom. The van der Waals surface area contributed by atoms with Crippen LogP contribution >= 0.6 is 12.2 Å². The summed E-state index contributed by atoms with van der Waals surface area (Å²) in [7, 11) is 0.722. The first-order valence-electron chi connectivity index (χ1n) is 4.60. The summed E-state index contributed by atoms with van der Waals surface area (Å²) in [6.07, 6.45) is -11.8. The lowest BCUT2D eigenvalue weighted by Gasteiger charge is -2.19. The largest absolute Gasteiger partial charge is 0.459 e. The van der Waals surface area contributed by atoms with Crippen LogP contribution in [0.15, 0.2) is 0 Å². The minimum absolute atomic E-state index is 0.139. The van der Waals surface area contributed by atoms with Gasteiger partial charge in [0.05, 0.1) is 0 Å². The zero-order valence-corrected chi connectivity index (χ0v) is 10.2. The van der Waals surface area contributed by atoms with Crippen molar-refractivity contribution in [1.82, 2.24) is 9.78 Å². The number of nitrogens with two attached hydrogens (primary N) is 1. The molecule has 0 saturated carbocycles. The fourth-order valence-electron chi connectivity index (χ4n) is 1.43. The van der Waals surface area contributed by atoms with Crippen LogP contribution in [0.25, 0.3) is 0 Å². The van der Waals surface area contributed by atoms with E-state index in [2.05, 4.69) is 17.3 Å². The molecule has 3 nitrogen and oxygen atoms in total. The number of aryl methyl sites for hydroxylation is 1. The lowest BCUT2D eigenvalue weighted by Crippen LogP contribution is -2.36. The van der Waals surface area contributed by atoms with Crippen LogP contribution in [-0.2, 0) is 19.1 Å². The summed E-state index contributed by atoms with van der Waals surface area (Å²) in [5.74, 6) is -5.79. The minimum atomic E-state index is -6.24. The van der Waals surface area contributed by atoms with E-state index in [-0.39, 0.29) is 4.68 Å². The second kappa shape index (κ2) is 4.53. The van der Waals surface area contributed by atoms with Crippen LogP contribution < -0.4 is 5.73 Å². The van der Waals surface area contributed by atoms with E-state index in [1.807, 2.05) is 0 Å². The number of hydrogen-bond donors (Lipinski definition) is 1. The van der Waals surface area contributed by atoms with E-state index in [1.165, 1.54) is 0 Å². The number of aromatic nitrogens is 2. The van der Waals surface area contributed by atoms with Gasteiger partial charge in [-0.05, 0) is 0 Å². The third-order valence-corrected chi connectivity index (χ3v) is 2.41. The first-order valence-corrected chi connectivity index (χ1v) is 5.01. The molecule has 0 amide bonds. The molecular formula is C8H5F8N3S. The highest BCUT2D eigenvalue weighted by Crippen LogP contribution is 2.48. The van der Waals surface area contributed by atoms with Crippen LogP contribution in [0.4, 0.5) is 35.1 Å². The second-order valence-electron chi connectivity index (χ2n) is 3.63. The van der Waals surface area contributed by atoms with Crippen molar-refractivity contribution in [1.29, 1.82) is 0 Å². The Morgan fingerprint density at radius 2 is 1.55 bits per heavy atom. The van der Waals surface area contributed by atoms with Gasteiger partial charge in [0.15, 0.2) is 5.69 Å². The normalized spacial score (nSPS) is 13.7. The number of nitrogens with zero attached hydrogens (tertiary/aromatic N) is 2. The third kappa shape index (κ3) is 2.55. The van der Waals surface area contributed by atoms with Crippen molar-refractivity contribution in [2.24, 2.45) is 12.8 Å². The van der Waals surface area contributed by atoms with Gasteiger partial charge in [0, 0.05) is 7.05 Å². The summed E-state index contributed by atoms with van der Waals surface area (Å²) >= 11 is 4.23. The summed E-state index contributed by atoms with van der Waals surface area (Å²) in [5, 5.41) is 2.60. The van der Waals surface area contributed by atoms with E-state index in [9.17, 15) is 35.1 Å². The van der Waals surface area contributed by atoms with E-state index in [0.717, 1.165) is 7.05 Å². The Bertz CT molecular complexity index is 541. The molecule has 0 aliphatic rings. The molecular weight excluding hydrogens is 322 g/mol. The molecule has 0 spiro atoms. The highest BCUT2D eigenvalue weighted by atomic mass is 32.1. The predicted octanol–water partition coefficient (Wildman–Crippen LogP) is 2.73. The second-order valence-corrected chi connectivity index (χ2v) is 4.07. The summed E-state index contributed by atoms with van der Waals surface area (Å²) in [6, 6.07) is 0. The smallest absolute Gasteiger partial charge is 0.388 e. The van der Waals surface area contributed by atoms with E-state index in [4.69, 9.17) is 5.73 Å². The van der Waals surface area contributed by atoms with E-state index in [1.54, 1.807) is 0 Å². The standard InChI is InChI=1S/C8H5F8N3S/c1-19-3(5(17)20)2(7(11,12)13)4(18-19)6(9,10)8(14,15)16/h1H3,(H2,17,20). The summed E-state index contributed by atoms with van der Waals surface area (Å²) < 4.78 is 101. The van der Waals surface area contributed by atoms with Crippen LogP contribution in [0.2, 0.25) is 0 Å². The quantitative estimate of drug-likeness (QED) is 0.671. The van der Waals surface area contributed by atoms with Crippen molar-refractivity contribution in [3.8, 4) is 0 Å². The summed E-state index contributed by atoms with van der Waals surface area (Å²) in [5.41, 5.74) is -1.07. The zero-order chi connectivity index (χ0) is 16.1. The molecule has 20 heavy (non-hydrogen) atoms. The van der Waals surface area contributed by atoms with Gasteiger partial charge in [-0.25, -0.2) is 0 Å². The maximum Gasteiger partial charge on any atom is 0.459 e. The van der Waals surface area contributed by atoms with Crippen molar-refractivity contribution in [3.63, 3.8) is 0 Å². The van der Waals surface area contributed by atoms with Gasteiger partial charge in [0.2, 0.25) is 0 Å². The SMILES string of the molecule is Cn1nc(C(F)(F)C(F)(F)F)c(C(F)(F)F)c1C(N)=S. The number of rotatable bonds is 2. The van der Waals surface area contributed by atoms with Gasteiger partial charge in [-0.15, -0.1) is 0 Å². The molecule has 0 fully saturated rings. The number of halogens is 8. The molecule has 1 aromatic rings. The molecule has 0 aromatic carbocycles. The van der Waals surface area contributed by atoms with Gasteiger partial charge in [0.1, 0.15) is 16.2 Å². The Kier molecular flexibility index (Phi) is 3.76. The first kappa shape index (κ1) is 16.6. The average molecular weight is 327 g/mol. The predicted molar refractivity (Wildman–Crippen MR) is 54.0 cm³/mol. The van der Waals surface area contributed by atoms with Crippen molar-refractivity contribution < 1.29 is 35.1 Å². The van der Waals surface area contributed by atoms with Crippen LogP contribution in [0.3, 0.4) is 0 Å². The van der Waals surface area contributed by atoms with Gasteiger partial charge < -0.3 is 5.73 Å². The molecule has 0 radical (unpaired) electrons. The molecule has 0 aliphatic heterocycles. The average Bonchev–Trinajstić information content (AvgIpc) is 2.53. The molecule has 0 unspecified atom stereocenters. The highest BCUT2D eigenvalue weighted by Gasteiger charge is 2.64. The van der Waals surface area contributed by atoms with E-state index in [0.29, 0.717) is 0 Å². The molecule has 0 bridgehead atoms. The fourth-order valence-corrected chi connectivity index (χ4v) is 1.66. The molecule has 0 saturated heterocycles. The van der Waals surface area contributed by atoms with Crippen molar-refractivity contribution >= 4 is 17.2 Å². The Labute approximate surface area is 111 Å². The zero-order valence-electron chi connectivity index (χ0n) is 9.40. The molecule has 1 rings (SSSR count). The Balaban J connectivity index is 3.75. The molecule has 0 atom stereocenters. The lowest BCUT2D eigenvalue weighted by atomic mass is 10.1. The van der Waals surface area contributed by atoms with Crippen LogP contribution in [0.5, 0.6) is 0 Å². The van der Waals surface area contributed by atoms with Crippen molar-refractivity contribution in [2.45, 2.75) is 18.3 Å². The number of thiocarbonyl (C=S) groups is 1.